The molecule has 0 radical (unpaired) electrons. The number of nitrogens with zero attached hydrogens (tertiary/aromatic N) is 1. The van der Waals surface area contributed by atoms with Crippen LogP contribution in [0.1, 0.15) is 40.1 Å². The van der Waals surface area contributed by atoms with Crippen LogP contribution in [0.3, 0.4) is 0 Å². The van der Waals surface area contributed by atoms with Gasteiger partial charge in [-0.2, -0.15) is 0 Å². The van der Waals surface area contributed by atoms with Gasteiger partial charge in [0.05, 0.1) is 11.4 Å². The predicted octanol–water partition coefficient (Wildman–Crippen LogP) is 3.04. The van der Waals surface area contributed by atoms with E-state index in [-0.39, 0.29) is 33.8 Å². The zero-order valence-corrected chi connectivity index (χ0v) is 16.1. The maximum atomic E-state index is 12.3. The minimum atomic E-state index is -0.606. The number of carbonyl (C=O) groups is 1. The number of nitrogens with one attached hydrogen (secondary N) is 1. The highest BCUT2D eigenvalue weighted by molar-refractivity contribution is 7.13. The van der Waals surface area contributed by atoms with Crippen molar-refractivity contribution in [2.45, 2.75) is 19.3 Å². The molecule has 6 nitrogen and oxygen atoms in total. The molecule has 1 aromatic heterocycles. The average Bonchev–Trinajstić information content (AvgIpc) is 3.04. The van der Waals surface area contributed by atoms with Gasteiger partial charge in [0.1, 0.15) is 4.88 Å². The Balaban J connectivity index is 1.97. The van der Waals surface area contributed by atoms with Crippen molar-refractivity contribution in [3.63, 3.8) is 0 Å². The summed E-state index contributed by atoms with van der Waals surface area (Å²) >= 11 is 1.08. The van der Waals surface area contributed by atoms with E-state index >= 15 is 0 Å². The number of benzene rings is 1. The summed E-state index contributed by atoms with van der Waals surface area (Å²) in [7, 11) is 3.18. The van der Waals surface area contributed by atoms with Crippen LogP contribution in [0.2, 0.25) is 0 Å². The average molecular weight is 384 g/mol. The molecule has 7 heteroatoms. The Morgan fingerprint density at radius 1 is 1.19 bits per heavy atom. The molecule has 140 valence electrons. The third-order valence-corrected chi connectivity index (χ3v) is 5.49. The SMILES string of the molecule is CC[C@H](c1ccccc1)c1c(Nc2csc(C(=O)N(C)C)c2O)c(=O)c1=O. The van der Waals surface area contributed by atoms with Crippen LogP contribution in [0.5, 0.6) is 5.75 Å². The van der Waals surface area contributed by atoms with Gasteiger partial charge in [0.2, 0.25) is 10.9 Å². The summed E-state index contributed by atoms with van der Waals surface area (Å²) in [4.78, 5) is 38.0. The van der Waals surface area contributed by atoms with Gasteiger partial charge < -0.3 is 15.3 Å². The van der Waals surface area contributed by atoms with Crippen molar-refractivity contribution in [1.82, 2.24) is 4.90 Å². The molecule has 0 aliphatic heterocycles. The number of thiophene rings is 1. The fourth-order valence-corrected chi connectivity index (χ4v) is 4.00. The smallest absolute Gasteiger partial charge is 0.267 e. The van der Waals surface area contributed by atoms with E-state index in [9.17, 15) is 19.5 Å². The lowest BCUT2D eigenvalue weighted by molar-refractivity contribution is 0.0829. The van der Waals surface area contributed by atoms with Gasteiger partial charge >= 0.3 is 0 Å². The molecule has 0 aliphatic rings. The quantitative estimate of drug-likeness (QED) is 0.638. The number of carbonyl (C=O) groups excluding carboxylic acids is 1. The Kier molecular flexibility index (Phi) is 5.14. The highest BCUT2D eigenvalue weighted by Gasteiger charge is 2.29. The van der Waals surface area contributed by atoms with Crippen LogP contribution < -0.4 is 16.2 Å². The monoisotopic (exact) mass is 384 g/mol. The first kappa shape index (κ1) is 18.8. The number of aromatic hydroxyl groups is 1. The van der Waals surface area contributed by atoms with Gasteiger partial charge in [-0.15, -0.1) is 11.3 Å². The Morgan fingerprint density at radius 3 is 2.44 bits per heavy atom. The summed E-state index contributed by atoms with van der Waals surface area (Å²) in [5.74, 6) is -0.750. The fraction of sp³-hybridized carbons (Fsp3) is 0.250. The lowest BCUT2D eigenvalue weighted by Crippen LogP contribution is -2.39. The molecule has 1 amide bonds. The van der Waals surface area contributed by atoms with Gasteiger partial charge in [0.25, 0.3) is 5.91 Å². The molecule has 3 aromatic rings. The number of anilines is 2. The molecule has 1 atom stereocenters. The maximum absolute atomic E-state index is 12.3. The minimum absolute atomic E-state index is 0.179. The minimum Gasteiger partial charge on any atom is -0.504 e. The maximum Gasteiger partial charge on any atom is 0.267 e. The summed E-state index contributed by atoms with van der Waals surface area (Å²) in [6, 6.07) is 9.51. The molecule has 0 fully saturated rings. The zero-order valence-electron chi connectivity index (χ0n) is 15.3. The molecule has 27 heavy (non-hydrogen) atoms. The Labute approximate surface area is 160 Å². The van der Waals surface area contributed by atoms with E-state index in [1.165, 1.54) is 4.90 Å². The zero-order chi connectivity index (χ0) is 19.7. The van der Waals surface area contributed by atoms with Crippen LogP contribution in [0.15, 0.2) is 45.3 Å². The first-order valence-electron chi connectivity index (χ1n) is 8.54. The molecule has 0 aliphatic carbocycles. The lowest BCUT2D eigenvalue weighted by Gasteiger charge is -2.21. The van der Waals surface area contributed by atoms with Gasteiger partial charge in [-0.1, -0.05) is 37.3 Å². The van der Waals surface area contributed by atoms with Crippen molar-refractivity contribution in [1.29, 1.82) is 0 Å². The second kappa shape index (κ2) is 7.36. The molecule has 3 rings (SSSR count). The van der Waals surface area contributed by atoms with Crippen LogP contribution in [0.25, 0.3) is 0 Å². The number of hydrogen-bond acceptors (Lipinski definition) is 6. The van der Waals surface area contributed by atoms with Gasteiger partial charge in [0, 0.05) is 31.0 Å². The fourth-order valence-electron chi connectivity index (χ4n) is 3.09. The Hall–Kier alpha value is -2.93. The van der Waals surface area contributed by atoms with Crippen molar-refractivity contribution >= 4 is 28.6 Å². The molecule has 0 unspecified atom stereocenters. The van der Waals surface area contributed by atoms with E-state index in [1.807, 2.05) is 37.3 Å². The second-order valence-electron chi connectivity index (χ2n) is 6.47. The van der Waals surface area contributed by atoms with E-state index < -0.39 is 10.9 Å². The van der Waals surface area contributed by atoms with E-state index in [4.69, 9.17) is 0 Å². The normalized spacial score (nSPS) is 12.1. The van der Waals surface area contributed by atoms with Crippen LogP contribution in [0, 0.1) is 0 Å². The van der Waals surface area contributed by atoms with Crippen molar-refractivity contribution in [3.8, 4) is 5.75 Å². The number of amides is 1. The summed E-state index contributed by atoms with van der Waals surface area (Å²) in [6.45, 7) is 1.95. The highest BCUT2D eigenvalue weighted by Crippen LogP contribution is 2.38. The molecule has 1 heterocycles. The Bertz CT molecular complexity index is 1050. The van der Waals surface area contributed by atoms with Crippen LogP contribution in [-0.4, -0.2) is 30.0 Å². The van der Waals surface area contributed by atoms with Crippen LogP contribution in [0.4, 0.5) is 11.4 Å². The first-order chi connectivity index (χ1) is 12.9. The topological polar surface area (TPSA) is 86.7 Å². The van der Waals surface area contributed by atoms with Gasteiger partial charge in [0.15, 0.2) is 5.75 Å². The third kappa shape index (κ3) is 3.26. The predicted molar refractivity (Wildman–Crippen MR) is 107 cm³/mol. The molecular formula is C20H20N2O4S. The standard InChI is InChI=1S/C20H20N2O4S/c1-4-12(11-8-6-5-7-9-11)14-15(18(25)17(14)24)21-13-10-27-19(16(13)23)20(26)22(2)3/h5-10,12,21,23H,4H2,1-3H3/t12-/m1/s1. The van der Waals surface area contributed by atoms with Gasteiger partial charge in [-0.3, -0.25) is 14.4 Å². The summed E-state index contributed by atoms with van der Waals surface area (Å²) in [5, 5.41) is 14.8. The van der Waals surface area contributed by atoms with E-state index in [2.05, 4.69) is 5.32 Å². The lowest BCUT2D eigenvalue weighted by atomic mass is 9.85. The molecule has 0 saturated carbocycles. The number of hydrogen-bond donors (Lipinski definition) is 2. The molecule has 0 bridgehead atoms. The largest absolute Gasteiger partial charge is 0.504 e. The Morgan fingerprint density at radius 2 is 1.85 bits per heavy atom. The second-order valence-corrected chi connectivity index (χ2v) is 7.35. The molecule has 0 spiro atoms. The van der Waals surface area contributed by atoms with Gasteiger partial charge in [-0.25, -0.2) is 0 Å². The highest BCUT2D eigenvalue weighted by atomic mass is 32.1. The van der Waals surface area contributed by atoms with Crippen LogP contribution >= 0.6 is 11.3 Å². The van der Waals surface area contributed by atoms with E-state index in [1.54, 1.807) is 19.5 Å². The van der Waals surface area contributed by atoms with E-state index in [0.717, 1.165) is 16.9 Å². The van der Waals surface area contributed by atoms with Crippen molar-refractivity contribution in [2.24, 2.45) is 0 Å². The summed E-state index contributed by atoms with van der Waals surface area (Å²) < 4.78 is 0. The van der Waals surface area contributed by atoms with Crippen molar-refractivity contribution < 1.29 is 9.90 Å². The van der Waals surface area contributed by atoms with Gasteiger partial charge in [-0.05, 0) is 12.0 Å². The first-order valence-corrected chi connectivity index (χ1v) is 9.42. The third-order valence-electron chi connectivity index (χ3n) is 4.53. The molecule has 0 saturated heterocycles. The van der Waals surface area contributed by atoms with Crippen LogP contribution in [-0.2, 0) is 0 Å². The molecule has 2 N–H and O–H groups in total. The number of rotatable bonds is 6. The van der Waals surface area contributed by atoms with Crippen molar-refractivity contribution in [3.05, 3.63) is 72.2 Å². The summed E-state index contributed by atoms with van der Waals surface area (Å²) in [5.41, 5.74) is 0.694. The molecule has 2 aromatic carbocycles. The van der Waals surface area contributed by atoms with E-state index in [0.29, 0.717) is 12.0 Å². The molecular weight excluding hydrogens is 364 g/mol. The van der Waals surface area contributed by atoms with Crippen molar-refractivity contribution in [2.75, 3.05) is 19.4 Å². The summed E-state index contributed by atoms with van der Waals surface area (Å²) in [6.07, 6.45) is 0.656.